The van der Waals surface area contributed by atoms with Crippen molar-refractivity contribution < 1.29 is 0 Å². The Balaban J connectivity index is 1.13. The van der Waals surface area contributed by atoms with Gasteiger partial charge in [-0.1, -0.05) is 170 Å². The van der Waals surface area contributed by atoms with Gasteiger partial charge in [0, 0.05) is 34.1 Å². The van der Waals surface area contributed by atoms with E-state index in [0.717, 1.165) is 34.1 Å². The minimum Gasteiger partial charge on any atom is -0.310 e. The van der Waals surface area contributed by atoms with E-state index < -0.39 is 5.41 Å². The van der Waals surface area contributed by atoms with Crippen molar-refractivity contribution in [2.75, 3.05) is 9.80 Å². The maximum atomic E-state index is 2.44. The van der Waals surface area contributed by atoms with Crippen molar-refractivity contribution in [3.8, 4) is 22.3 Å². The van der Waals surface area contributed by atoms with Crippen molar-refractivity contribution in [3.63, 3.8) is 0 Å². The third-order valence-corrected chi connectivity index (χ3v) is 13.6. The van der Waals surface area contributed by atoms with Gasteiger partial charge in [0.25, 0.3) is 0 Å². The lowest BCUT2D eigenvalue weighted by molar-refractivity contribution is 0.809. The Morgan fingerprint density at radius 3 is 1.24 bits per heavy atom. The second-order valence-corrected chi connectivity index (χ2v) is 16.8. The van der Waals surface area contributed by atoms with Crippen LogP contribution in [-0.2, 0) is 5.41 Å². The highest BCUT2D eigenvalue weighted by molar-refractivity contribution is 6.22. The van der Waals surface area contributed by atoms with Crippen molar-refractivity contribution in [2.45, 2.75) is 5.41 Å². The first-order chi connectivity index (χ1) is 31.3. The summed E-state index contributed by atoms with van der Waals surface area (Å²) < 4.78 is 0. The molecule has 2 aliphatic rings. The molecule has 2 nitrogen and oxygen atoms in total. The summed E-state index contributed by atoms with van der Waals surface area (Å²) in [6.45, 7) is 0. The summed E-state index contributed by atoms with van der Waals surface area (Å²) in [5.41, 5.74) is 16.8. The zero-order valence-corrected chi connectivity index (χ0v) is 34.5. The number of anilines is 6. The molecule has 0 atom stereocenters. The van der Waals surface area contributed by atoms with Crippen LogP contribution < -0.4 is 9.80 Å². The molecule has 0 saturated carbocycles. The molecular weight excluding hydrogens is 761 g/mol. The molecule has 0 radical (unpaired) electrons. The summed E-state index contributed by atoms with van der Waals surface area (Å²) in [4.78, 5) is 4.75. The molecule has 11 aromatic carbocycles. The molecule has 1 spiro atoms. The van der Waals surface area contributed by atoms with Gasteiger partial charge in [-0.05, 0) is 150 Å². The van der Waals surface area contributed by atoms with Crippen molar-refractivity contribution in [1.82, 2.24) is 0 Å². The van der Waals surface area contributed by atoms with Crippen LogP contribution in [0.15, 0.2) is 243 Å². The molecule has 0 aromatic heterocycles. The van der Waals surface area contributed by atoms with Crippen LogP contribution in [0.25, 0.3) is 54.6 Å². The van der Waals surface area contributed by atoms with Gasteiger partial charge in [0.05, 0.1) is 5.41 Å². The largest absolute Gasteiger partial charge is 0.310 e. The molecule has 0 aliphatic heterocycles. The molecule has 13 rings (SSSR count). The smallest absolute Gasteiger partial charge is 0.0737 e. The predicted octanol–water partition coefficient (Wildman–Crippen LogP) is 16.4. The van der Waals surface area contributed by atoms with E-state index in [1.165, 1.54) is 76.8 Å². The summed E-state index contributed by atoms with van der Waals surface area (Å²) in [6.07, 6.45) is 0. The Morgan fingerprint density at radius 2 is 0.698 bits per heavy atom. The Bertz CT molecular complexity index is 3440. The Morgan fingerprint density at radius 1 is 0.254 bits per heavy atom. The van der Waals surface area contributed by atoms with E-state index in [-0.39, 0.29) is 0 Å². The molecule has 0 fully saturated rings. The molecule has 2 aliphatic carbocycles. The van der Waals surface area contributed by atoms with Crippen LogP contribution in [0.3, 0.4) is 0 Å². The molecule has 11 aromatic rings. The van der Waals surface area contributed by atoms with Gasteiger partial charge < -0.3 is 9.80 Å². The van der Waals surface area contributed by atoms with Gasteiger partial charge in [0.1, 0.15) is 0 Å². The summed E-state index contributed by atoms with van der Waals surface area (Å²) >= 11 is 0. The van der Waals surface area contributed by atoms with Crippen LogP contribution in [-0.4, -0.2) is 0 Å². The summed E-state index contributed by atoms with van der Waals surface area (Å²) in [6, 6.07) is 89.4. The second-order valence-electron chi connectivity index (χ2n) is 16.8. The fourth-order valence-electron chi connectivity index (χ4n) is 11.2. The van der Waals surface area contributed by atoms with Crippen molar-refractivity contribution in [2.24, 2.45) is 0 Å². The molecule has 63 heavy (non-hydrogen) atoms. The van der Waals surface area contributed by atoms with Gasteiger partial charge in [-0.3, -0.25) is 0 Å². The van der Waals surface area contributed by atoms with E-state index in [4.69, 9.17) is 0 Å². The second kappa shape index (κ2) is 13.9. The molecule has 0 heterocycles. The van der Waals surface area contributed by atoms with Crippen molar-refractivity contribution >= 4 is 66.4 Å². The van der Waals surface area contributed by atoms with Gasteiger partial charge in [-0.15, -0.1) is 0 Å². The topological polar surface area (TPSA) is 6.48 Å². The summed E-state index contributed by atoms with van der Waals surface area (Å²) in [5, 5.41) is 7.55. The minimum absolute atomic E-state index is 0.570. The van der Waals surface area contributed by atoms with Crippen molar-refractivity contribution in [1.29, 1.82) is 0 Å². The normalized spacial score (nSPS) is 12.9. The highest BCUT2D eigenvalue weighted by atomic mass is 15.1. The van der Waals surface area contributed by atoms with E-state index in [2.05, 4.69) is 252 Å². The van der Waals surface area contributed by atoms with Crippen LogP contribution in [0.4, 0.5) is 34.1 Å². The maximum absolute atomic E-state index is 2.44. The molecule has 0 amide bonds. The fourth-order valence-corrected chi connectivity index (χ4v) is 11.2. The van der Waals surface area contributed by atoms with Crippen LogP contribution in [0.1, 0.15) is 22.3 Å². The molecule has 0 saturated heterocycles. The lowest BCUT2D eigenvalue weighted by Gasteiger charge is -2.33. The van der Waals surface area contributed by atoms with Gasteiger partial charge in [-0.2, -0.15) is 0 Å². The van der Waals surface area contributed by atoms with Gasteiger partial charge >= 0.3 is 0 Å². The number of benzene rings is 11. The third kappa shape index (κ3) is 5.13. The minimum atomic E-state index is -0.570. The van der Waals surface area contributed by atoms with Crippen LogP contribution in [0.2, 0.25) is 0 Å². The van der Waals surface area contributed by atoms with E-state index in [0.29, 0.717) is 0 Å². The van der Waals surface area contributed by atoms with Crippen LogP contribution in [0.5, 0.6) is 0 Å². The monoisotopic (exact) mass is 800 g/mol. The average molecular weight is 801 g/mol. The summed E-state index contributed by atoms with van der Waals surface area (Å²) in [7, 11) is 0. The first-order valence-electron chi connectivity index (χ1n) is 21.9. The first kappa shape index (κ1) is 35.5. The Hall–Kier alpha value is -8.20. The molecule has 0 unspecified atom stereocenters. The highest BCUT2D eigenvalue weighted by Crippen LogP contribution is 2.67. The number of nitrogens with zero attached hydrogens (tertiary/aromatic N) is 2. The van der Waals surface area contributed by atoms with E-state index in [9.17, 15) is 0 Å². The Kier molecular flexibility index (Phi) is 7.85. The third-order valence-electron chi connectivity index (χ3n) is 13.6. The number of rotatable bonds is 6. The van der Waals surface area contributed by atoms with E-state index in [1.54, 1.807) is 0 Å². The lowest BCUT2D eigenvalue weighted by atomic mass is 9.68. The zero-order chi connectivity index (χ0) is 41.5. The highest BCUT2D eigenvalue weighted by Gasteiger charge is 2.53. The Labute approximate surface area is 367 Å². The number of para-hydroxylation sites is 4. The van der Waals surface area contributed by atoms with Crippen LogP contribution in [0, 0.1) is 0 Å². The van der Waals surface area contributed by atoms with Gasteiger partial charge in [0.2, 0.25) is 0 Å². The van der Waals surface area contributed by atoms with Gasteiger partial charge in [-0.25, -0.2) is 0 Å². The quantitative estimate of drug-likeness (QED) is 0.155. The number of hydrogen-bond donors (Lipinski definition) is 0. The molecule has 294 valence electrons. The molecule has 0 bridgehead atoms. The standard InChI is InChI=1S/C61H40N2/c1-5-19-42(20-6-1)62(43-21-7-2-8-22-43)46-34-37-48-41(39-46)33-36-54-58-52-30-14-13-27-49(52)55-40-47(63(44-23-9-3-10-24-44)45-25-11-4-12-26-45)35-38-53(55)60(58)61(59(48)54)56-31-17-15-28-50(56)51-29-16-18-32-57(51)61/h1-40H. The fraction of sp³-hybridized carbons (Fsp3) is 0.0164. The first-order valence-corrected chi connectivity index (χ1v) is 21.9. The van der Waals surface area contributed by atoms with Gasteiger partial charge in [0.15, 0.2) is 0 Å². The average Bonchev–Trinajstić information content (AvgIpc) is 3.84. The number of hydrogen-bond acceptors (Lipinski definition) is 2. The maximum Gasteiger partial charge on any atom is 0.0737 e. The number of fused-ring (bicyclic) bond motifs is 17. The molecule has 0 N–H and O–H groups in total. The summed E-state index contributed by atoms with van der Waals surface area (Å²) in [5.74, 6) is 0. The van der Waals surface area contributed by atoms with E-state index in [1.807, 2.05) is 0 Å². The molecule has 2 heteroatoms. The van der Waals surface area contributed by atoms with Crippen molar-refractivity contribution in [3.05, 3.63) is 265 Å². The SMILES string of the molecule is c1ccc(N(c2ccccc2)c2ccc3c4c(ccc3c2)-c2c(c3ccc(N(c5ccccc5)c5ccccc5)cc3c3ccccc23)C42c3ccccc3-c3ccccc32)cc1. The van der Waals surface area contributed by atoms with Crippen LogP contribution >= 0.6 is 0 Å². The predicted molar refractivity (Wildman–Crippen MR) is 265 cm³/mol. The van der Waals surface area contributed by atoms with E-state index >= 15 is 0 Å². The zero-order valence-electron chi connectivity index (χ0n) is 34.5. The molecular formula is C61H40N2. The lowest BCUT2D eigenvalue weighted by Crippen LogP contribution is -2.26.